The molecule has 1 aromatic heterocycles. The molecule has 0 unspecified atom stereocenters. The maximum absolute atomic E-state index is 5.67. The first kappa shape index (κ1) is 25.9. The number of rotatable bonds is 8. The summed E-state index contributed by atoms with van der Waals surface area (Å²) in [5.74, 6) is 2.16. The summed E-state index contributed by atoms with van der Waals surface area (Å²) in [4.78, 5) is 9.48. The molecule has 0 spiro atoms. The molecule has 1 saturated heterocycles. The Kier molecular flexibility index (Phi) is 10.5. The molecule has 8 heteroatoms. The van der Waals surface area contributed by atoms with E-state index in [1.54, 1.807) is 18.4 Å². The third-order valence-corrected chi connectivity index (χ3v) is 6.48. The Balaban J connectivity index is 0.00000341. The maximum atomic E-state index is 5.67. The molecule has 0 aliphatic carbocycles. The normalized spacial score (nSPS) is 16.0. The molecule has 172 valence electrons. The Morgan fingerprint density at radius 3 is 2.52 bits per heavy atom. The second kappa shape index (κ2) is 12.6. The molecular formula is C23H35IN4O2S. The summed E-state index contributed by atoms with van der Waals surface area (Å²) < 4.78 is 11.0. The van der Waals surface area contributed by atoms with E-state index in [-0.39, 0.29) is 29.4 Å². The van der Waals surface area contributed by atoms with E-state index < -0.39 is 0 Å². The van der Waals surface area contributed by atoms with Gasteiger partial charge < -0.3 is 20.1 Å². The minimum Gasteiger partial charge on any atom is -0.497 e. The first-order valence-corrected chi connectivity index (χ1v) is 11.6. The summed E-state index contributed by atoms with van der Waals surface area (Å²) in [5.41, 5.74) is 2.48. The van der Waals surface area contributed by atoms with Crippen molar-refractivity contribution in [3.05, 3.63) is 45.9 Å². The summed E-state index contributed by atoms with van der Waals surface area (Å²) in [6, 6.07) is 8.44. The van der Waals surface area contributed by atoms with E-state index in [2.05, 4.69) is 48.9 Å². The first-order valence-electron chi connectivity index (χ1n) is 10.7. The number of thiazole rings is 1. The van der Waals surface area contributed by atoms with Gasteiger partial charge in [0.2, 0.25) is 0 Å². The number of benzene rings is 1. The van der Waals surface area contributed by atoms with Crippen molar-refractivity contribution >= 4 is 41.3 Å². The molecular weight excluding hydrogens is 523 g/mol. The molecule has 2 heterocycles. The van der Waals surface area contributed by atoms with Gasteiger partial charge in [0.05, 0.1) is 19.3 Å². The monoisotopic (exact) mass is 558 g/mol. The fourth-order valence-corrected chi connectivity index (χ4v) is 4.56. The zero-order chi connectivity index (χ0) is 21.4. The van der Waals surface area contributed by atoms with Crippen LogP contribution in [0.5, 0.6) is 5.75 Å². The predicted molar refractivity (Wildman–Crippen MR) is 139 cm³/mol. The largest absolute Gasteiger partial charge is 0.497 e. The van der Waals surface area contributed by atoms with Gasteiger partial charge in [0, 0.05) is 37.1 Å². The summed E-state index contributed by atoms with van der Waals surface area (Å²) in [6.07, 6.45) is 1.96. The van der Waals surface area contributed by atoms with Gasteiger partial charge in [-0.1, -0.05) is 26.0 Å². The topological polar surface area (TPSA) is 67.8 Å². The van der Waals surface area contributed by atoms with Crippen molar-refractivity contribution in [2.75, 3.05) is 33.4 Å². The van der Waals surface area contributed by atoms with E-state index in [9.17, 15) is 0 Å². The first-order chi connectivity index (χ1) is 14.6. The van der Waals surface area contributed by atoms with Gasteiger partial charge in [0.1, 0.15) is 10.8 Å². The van der Waals surface area contributed by atoms with Gasteiger partial charge in [-0.25, -0.2) is 9.98 Å². The van der Waals surface area contributed by atoms with Gasteiger partial charge >= 0.3 is 0 Å². The Morgan fingerprint density at radius 2 is 1.94 bits per heavy atom. The van der Waals surface area contributed by atoms with Crippen molar-refractivity contribution in [2.45, 2.75) is 51.5 Å². The molecule has 2 aromatic rings. The van der Waals surface area contributed by atoms with Crippen LogP contribution >= 0.6 is 35.3 Å². The summed E-state index contributed by atoms with van der Waals surface area (Å²) in [5, 5.41) is 10.1. The number of guanidine groups is 1. The molecule has 0 radical (unpaired) electrons. The molecule has 1 fully saturated rings. The number of aliphatic imine (C=N–C) groups is 1. The maximum Gasteiger partial charge on any atom is 0.191 e. The fourth-order valence-electron chi connectivity index (χ4n) is 3.68. The van der Waals surface area contributed by atoms with Crippen molar-refractivity contribution in [1.29, 1.82) is 0 Å². The summed E-state index contributed by atoms with van der Waals surface area (Å²) >= 11 is 1.68. The average molecular weight is 559 g/mol. The van der Waals surface area contributed by atoms with Crippen LogP contribution in [0.1, 0.15) is 55.8 Å². The molecule has 0 amide bonds. The van der Waals surface area contributed by atoms with Crippen molar-refractivity contribution in [3.8, 4) is 5.75 Å². The van der Waals surface area contributed by atoms with E-state index in [4.69, 9.17) is 19.5 Å². The van der Waals surface area contributed by atoms with Crippen molar-refractivity contribution in [1.82, 2.24) is 15.6 Å². The zero-order valence-corrected chi connectivity index (χ0v) is 22.1. The number of ether oxygens (including phenoxy) is 2. The highest BCUT2D eigenvalue weighted by Gasteiger charge is 2.34. The Hall–Kier alpha value is -1.39. The highest BCUT2D eigenvalue weighted by molar-refractivity contribution is 14.0. The lowest BCUT2D eigenvalue weighted by Gasteiger charge is -2.38. The summed E-state index contributed by atoms with van der Waals surface area (Å²) in [7, 11) is 1.70. The van der Waals surface area contributed by atoms with Gasteiger partial charge in [0.25, 0.3) is 0 Å². The molecule has 0 atom stereocenters. The average Bonchev–Trinajstić information content (AvgIpc) is 3.26. The predicted octanol–water partition coefficient (Wildman–Crippen LogP) is 4.70. The SMILES string of the molecule is CCNC(=NCc1nc(C(C)C)cs1)NCC1(c2ccc(OC)cc2)CCOCC1.I. The molecule has 0 saturated carbocycles. The number of halogens is 1. The van der Waals surface area contributed by atoms with Gasteiger partial charge in [-0.3, -0.25) is 0 Å². The van der Waals surface area contributed by atoms with Crippen LogP contribution in [-0.4, -0.2) is 44.4 Å². The van der Waals surface area contributed by atoms with E-state index in [0.29, 0.717) is 12.5 Å². The quantitative estimate of drug-likeness (QED) is 0.280. The van der Waals surface area contributed by atoms with Crippen LogP contribution in [0.3, 0.4) is 0 Å². The van der Waals surface area contributed by atoms with Crippen LogP contribution in [0, 0.1) is 0 Å². The molecule has 2 N–H and O–H groups in total. The number of hydrogen-bond acceptors (Lipinski definition) is 5. The number of aromatic nitrogens is 1. The lowest BCUT2D eigenvalue weighted by atomic mass is 9.74. The molecule has 6 nitrogen and oxygen atoms in total. The molecule has 1 aliphatic rings. The van der Waals surface area contributed by atoms with Gasteiger partial charge in [-0.2, -0.15) is 0 Å². The van der Waals surface area contributed by atoms with Crippen molar-refractivity contribution in [3.63, 3.8) is 0 Å². The lowest BCUT2D eigenvalue weighted by Crippen LogP contribution is -2.48. The van der Waals surface area contributed by atoms with E-state index in [1.807, 2.05) is 12.1 Å². The van der Waals surface area contributed by atoms with Gasteiger partial charge in [-0.05, 0) is 43.4 Å². The molecule has 0 bridgehead atoms. The Bertz CT molecular complexity index is 817. The Morgan fingerprint density at radius 1 is 1.23 bits per heavy atom. The standard InChI is InChI=1S/C23H34N4O2S.HI/c1-5-24-22(25-14-21-27-20(15-30-21)17(2)3)26-16-23(10-12-29-13-11-23)18-6-8-19(28-4)9-7-18;/h6-9,15,17H,5,10-14,16H2,1-4H3,(H2,24,25,26);1H. The van der Waals surface area contributed by atoms with Crippen molar-refractivity contribution < 1.29 is 9.47 Å². The third kappa shape index (κ3) is 7.05. The van der Waals surface area contributed by atoms with E-state index >= 15 is 0 Å². The van der Waals surface area contributed by atoms with Gasteiger partial charge in [0.15, 0.2) is 5.96 Å². The molecule has 3 rings (SSSR count). The van der Waals surface area contributed by atoms with Gasteiger partial charge in [-0.15, -0.1) is 35.3 Å². The van der Waals surface area contributed by atoms with E-state index in [1.165, 1.54) is 5.56 Å². The minimum absolute atomic E-state index is 0. The number of methoxy groups -OCH3 is 1. The smallest absolute Gasteiger partial charge is 0.191 e. The van der Waals surface area contributed by atoms with Crippen molar-refractivity contribution in [2.24, 2.45) is 4.99 Å². The highest BCUT2D eigenvalue weighted by Crippen LogP contribution is 2.35. The highest BCUT2D eigenvalue weighted by atomic mass is 127. The zero-order valence-electron chi connectivity index (χ0n) is 18.9. The number of nitrogens with zero attached hydrogens (tertiary/aromatic N) is 2. The molecule has 1 aliphatic heterocycles. The lowest BCUT2D eigenvalue weighted by molar-refractivity contribution is 0.0513. The van der Waals surface area contributed by atoms with Crippen LogP contribution in [0.4, 0.5) is 0 Å². The third-order valence-electron chi connectivity index (χ3n) is 5.62. The summed E-state index contributed by atoms with van der Waals surface area (Å²) in [6.45, 7) is 10.2. The van der Waals surface area contributed by atoms with E-state index in [0.717, 1.165) is 61.6 Å². The van der Waals surface area contributed by atoms with Crippen LogP contribution in [-0.2, 0) is 16.7 Å². The van der Waals surface area contributed by atoms with Crippen LogP contribution in [0.15, 0.2) is 34.6 Å². The molecule has 31 heavy (non-hydrogen) atoms. The number of nitrogens with one attached hydrogen (secondary N) is 2. The minimum atomic E-state index is 0. The molecule has 1 aromatic carbocycles. The second-order valence-electron chi connectivity index (χ2n) is 7.99. The Labute approximate surface area is 207 Å². The fraction of sp³-hybridized carbons (Fsp3) is 0.565. The van der Waals surface area contributed by atoms with Crippen LogP contribution in [0.2, 0.25) is 0 Å². The van der Waals surface area contributed by atoms with Crippen LogP contribution < -0.4 is 15.4 Å². The second-order valence-corrected chi connectivity index (χ2v) is 8.93. The van der Waals surface area contributed by atoms with Crippen LogP contribution in [0.25, 0.3) is 0 Å². The number of hydrogen-bond donors (Lipinski definition) is 2.